The normalized spacial score (nSPS) is 15.9. The Kier molecular flexibility index (Phi) is 9.65. The Bertz CT molecular complexity index is 1190. The lowest BCUT2D eigenvalue weighted by molar-refractivity contribution is -0.135. The number of hydrogen-bond acceptors (Lipinski definition) is 8. The molecule has 0 spiro atoms. The molecule has 198 valence electrons. The van der Waals surface area contributed by atoms with Crippen LogP contribution in [0, 0.1) is 23.2 Å². The molecule has 37 heavy (non-hydrogen) atoms. The number of aromatic nitrogens is 2. The molecule has 0 radical (unpaired) electrons. The molecule has 0 aliphatic carbocycles. The molecule has 0 unspecified atom stereocenters. The predicted molar refractivity (Wildman–Crippen MR) is 151 cm³/mol. The van der Waals surface area contributed by atoms with Gasteiger partial charge in [0.15, 0.2) is 0 Å². The van der Waals surface area contributed by atoms with E-state index in [9.17, 15) is 4.79 Å². The summed E-state index contributed by atoms with van der Waals surface area (Å²) in [6.45, 7) is 10.4. The van der Waals surface area contributed by atoms with Crippen LogP contribution < -0.4 is 22.1 Å². The number of carbonyl (C=O) groups excluding carboxylic acids is 1. The minimum Gasteiger partial charge on any atom is -0.404 e. The number of fused-ring (bicyclic) bond motifs is 1. The molecule has 1 fully saturated rings. The van der Waals surface area contributed by atoms with Gasteiger partial charge in [-0.25, -0.2) is 4.98 Å². The maximum Gasteiger partial charge on any atom is 0.225 e. The van der Waals surface area contributed by atoms with Gasteiger partial charge in [0.25, 0.3) is 0 Å². The third-order valence-corrected chi connectivity index (χ3v) is 6.56. The molecule has 2 aromatic rings. The summed E-state index contributed by atoms with van der Waals surface area (Å²) < 4.78 is 0. The highest BCUT2D eigenvalue weighted by Crippen LogP contribution is 2.21. The third-order valence-electron chi connectivity index (χ3n) is 6.56. The molecule has 3 rings (SSSR count). The number of nitrogens with one attached hydrogen (secondary N) is 3. The summed E-state index contributed by atoms with van der Waals surface area (Å²) in [6.07, 6.45) is 10.2. The Morgan fingerprint density at radius 2 is 1.92 bits per heavy atom. The second kappa shape index (κ2) is 12.9. The second-order valence-electron chi connectivity index (χ2n) is 10.1. The highest BCUT2D eigenvalue weighted by Gasteiger charge is 2.23. The Labute approximate surface area is 219 Å². The van der Waals surface area contributed by atoms with E-state index in [4.69, 9.17) is 16.9 Å². The van der Waals surface area contributed by atoms with Gasteiger partial charge in [0.05, 0.1) is 11.0 Å². The summed E-state index contributed by atoms with van der Waals surface area (Å²) in [4.78, 5) is 23.3. The summed E-state index contributed by atoms with van der Waals surface area (Å²) in [7, 11) is 0. The largest absolute Gasteiger partial charge is 0.404 e. The maximum absolute atomic E-state index is 12.2. The van der Waals surface area contributed by atoms with E-state index >= 15 is 0 Å². The number of allylic oxidation sites excluding steroid dienone is 3. The van der Waals surface area contributed by atoms with Crippen LogP contribution in [0.2, 0.25) is 0 Å². The van der Waals surface area contributed by atoms with Crippen molar-refractivity contribution < 1.29 is 4.79 Å². The molecule has 9 nitrogen and oxygen atoms in total. The van der Waals surface area contributed by atoms with Gasteiger partial charge in [0.2, 0.25) is 5.91 Å². The molecule has 9 heteroatoms. The van der Waals surface area contributed by atoms with Gasteiger partial charge < -0.3 is 32.4 Å². The molecule has 0 saturated carbocycles. The van der Waals surface area contributed by atoms with E-state index in [1.807, 2.05) is 57.0 Å². The van der Waals surface area contributed by atoms with Crippen LogP contribution in [-0.4, -0.2) is 46.6 Å². The highest BCUT2D eigenvalue weighted by atomic mass is 16.2. The molecule has 0 atom stereocenters. The van der Waals surface area contributed by atoms with Crippen LogP contribution in [0.1, 0.15) is 46.1 Å². The van der Waals surface area contributed by atoms with Gasteiger partial charge in [-0.2, -0.15) is 0 Å². The van der Waals surface area contributed by atoms with Crippen LogP contribution in [0.5, 0.6) is 0 Å². The SMILES string of the molecule is CC(C)C(=O)N1CCC(CN/C=C(\C=N)c2cnc3ccc(N/C(N)=C/C(=C\N)C(C)C)nc3c2)CC1. The molecule has 0 bridgehead atoms. The van der Waals surface area contributed by atoms with Crippen molar-refractivity contribution in [3.05, 3.63) is 59.8 Å². The van der Waals surface area contributed by atoms with E-state index in [0.29, 0.717) is 23.1 Å². The first kappa shape index (κ1) is 27.7. The molecule has 3 heterocycles. The van der Waals surface area contributed by atoms with Gasteiger partial charge in [0, 0.05) is 55.3 Å². The van der Waals surface area contributed by atoms with Crippen molar-refractivity contribution in [1.82, 2.24) is 20.2 Å². The minimum absolute atomic E-state index is 0.0459. The van der Waals surface area contributed by atoms with E-state index in [2.05, 4.69) is 20.6 Å². The summed E-state index contributed by atoms with van der Waals surface area (Å²) in [5.74, 6) is 2.08. The first-order valence-corrected chi connectivity index (χ1v) is 12.9. The molecule has 1 aliphatic heterocycles. The van der Waals surface area contributed by atoms with Crippen molar-refractivity contribution in [1.29, 1.82) is 5.41 Å². The first-order valence-electron chi connectivity index (χ1n) is 12.9. The molecule has 1 amide bonds. The fourth-order valence-electron chi connectivity index (χ4n) is 4.27. The highest BCUT2D eigenvalue weighted by molar-refractivity contribution is 6.08. The summed E-state index contributed by atoms with van der Waals surface area (Å²) in [6, 6.07) is 5.62. The lowest BCUT2D eigenvalue weighted by atomic mass is 9.96. The zero-order valence-corrected chi connectivity index (χ0v) is 22.3. The fourth-order valence-corrected chi connectivity index (χ4v) is 4.27. The zero-order chi connectivity index (χ0) is 26.9. The fraction of sp³-hybridized carbons (Fsp3) is 0.429. The van der Waals surface area contributed by atoms with Gasteiger partial charge in [-0.15, -0.1) is 0 Å². The maximum atomic E-state index is 12.2. The predicted octanol–water partition coefficient (Wildman–Crippen LogP) is 3.82. The summed E-state index contributed by atoms with van der Waals surface area (Å²) in [5.41, 5.74) is 15.7. The standard InChI is InChI=1S/C28H40N8O/c1-18(2)21(13-29)12-26(31)35-27-6-5-24-25(34-27)11-22(17-33-24)23(14-30)16-32-15-20-7-9-36(10-8-20)28(37)19(3)4/h5-6,11-14,16-20,30,32H,7-10,15,29,31H2,1-4H3,(H,34,35)/b21-13+,23-16+,26-12+,30-14?. The number of hydrogen-bond donors (Lipinski definition) is 5. The molecular weight excluding hydrogens is 464 g/mol. The van der Waals surface area contributed by atoms with Crippen LogP contribution in [0.4, 0.5) is 5.82 Å². The number of amides is 1. The van der Waals surface area contributed by atoms with Gasteiger partial charge in [-0.3, -0.25) is 9.78 Å². The van der Waals surface area contributed by atoms with E-state index in [0.717, 1.165) is 54.7 Å². The summed E-state index contributed by atoms with van der Waals surface area (Å²) in [5, 5.41) is 14.4. The van der Waals surface area contributed by atoms with Crippen LogP contribution in [-0.2, 0) is 4.79 Å². The van der Waals surface area contributed by atoms with Gasteiger partial charge in [-0.1, -0.05) is 27.7 Å². The van der Waals surface area contributed by atoms with Crippen LogP contribution in [0.15, 0.2) is 54.3 Å². The lowest BCUT2D eigenvalue weighted by Gasteiger charge is -2.33. The van der Waals surface area contributed by atoms with Crippen molar-refractivity contribution >= 4 is 34.5 Å². The number of nitrogens with two attached hydrogens (primary N) is 2. The summed E-state index contributed by atoms with van der Waals surface area (Å²) >= 11 is 0. The van der Waals surface area contributed by atoms with Gasteiger partial charge >= 0.3 is 0 Å². The van der Waals surface area contributed by atoms with Crippen LogP contribution in [0.25, 0.3) is 16.6 Å². The van der Waals surface area contributed by atoms with E-state index in [1.54, 1.807) is 18.5 Å². The smallest absolute Gasteiger partial charge is 0.225 e. The first-order chi connectivity index (χ1) is 17.7. The molecular formula is C28H40N8O. The van der Waals surface area contributed by atoms with Crippen molar-refractivity contribution in [2.75, 3.05) is 25.0 Å². The quantitative estimate of drug-likeness (QED) is 0.244. The van der Waals surface area contributed by atoms with E-state index in [-0.39, 0.29) is 17.7 Å². The van der Waals surface area contributed by atoms with Gasteiger partial charge in [0.1, 0.15) is 11.6 Å². The van der Waals surface area contributed by atoms with Crippen LogP contribution in [0.3, 0.4) is 0 Å². The van der Waals surface area contributed by atoms with Gasteiger partial charge in [-0.05, 0) is 60.7 Å². The number of likely N-dealkylation sites (tertiary alicyclic amines) is 1. The Morgan fingerprint density at radius 3 is 2.54 bits per heavy atom. The number of anilines is 1. The zero-order valence-electron chi connectivity index (χ0n) is 22.3. The number of pyridine rings is 2. The minimum atomic E-state index is 0.0459. The van der Waals surface area contributed by atoms with Crippen molar-refractivity contribution in [3.8, 4) is 0 Å². The van der Waals surface area contributed by atoms with Crippen molar-refractivity contribution in [2.24, 2.45) is 29.2 Å². The molecule has 7 N–H and O–H groups in total. The van der Waals surface area contributed by atoms with Crippen LogP contribution >= 0.6 is 0 Å². The number of rotatable bonds is 10. The lowest BCUT2D eigenvalue weighted by Crippen LogP contribution is -2.42. The average molecular weight is 505 g/mol. The van der Waals surface area contributed by atoms with E-state index in [1.165, 1.54) is 6.21 Å². The monoisotopic (exact) mass is 504 g/mol. The van der Waals surface area contributed by atoms with Crippen molar-refractivity contribution in [3.63, 3.8) is 0 Å². The number of nitrogens with zero attached hydrogens (tertiary/aromatic N) is 3. The molecule has 0 aromatic carbocycles. The Morgan fingerprint density at radius 1 is 1.19 bits per heavy atom. The Hall–Kier alpha value is -3.88. The van der Waals surface area contributed by atoms with Crippen molar-refractivity contribution in [2.45, 2.75) is 40.5 Å². The van der Waals surface area contributed by atoms with E-state index < -0.39 is 0 Å². The number of piperidine rings is 1. The molecule has 1 saturated heterocycles. The number of carbonyl (C=O) groups is 1. The Balaban J connectivity index is 1.66. The molecule has 2 aromatic heterocycles. The topological polar surface area (TPSA) is 146 Å². The average Bonchev–Trinajstić information content (AvgIpc) is 2.89. The second-order valence-corrected chi connectivity index (χ2v) is 10.1. The molecule has 1 aliphatic rings. The third kappa shape index (κ3) is 7.55.